The number of esters is 2. The van der Waals surface area contributed by atoms with Gasteiger partial charge in [0.25, 0.3) is 0 Å². The molecule has 0 saturated carbocycles. The standard InChI is InChI=1S/C14H16BrFO5/c1-3-20-13(18)11(14(19)21-4-2)12(17)8-5-6-10(16)9(15)7-8/h5-7,11-12,17H,3-4H2,1-2H3. The van der Waals surface area contributed by atoms with Crippen molar-refractivity contribution in [1.82, 2.24) is 0 Å². The minimum absolute atomic E-state index is 0.0641. The van der Waals surface area contributed by atoms with Crippen molar-refractivity contribution >= 4 is 27.9 Å². The molecule has 21 heavy (non-hydrogen) atoms. The molecule has 0 aromatic heterocycles. The first-order valence-corrected chi connectivity index (χ1v) is 7.17. The first-order chi connectivity index (χ1) is 9.92. The van der Waals surface area contributed by atoms with Gasteiger partial charge in [-0.15, -0.1) is 0 Å². The van der Waals surface area contributed by atoms with E-state index in [2.05, 4.69) is 15.9 Å². The third-order valence-electron chi connectivity index (χ3n) is 2.68. The third kappa shape index (κ3) is 4.50. The summed E-state index contributed by atoms with van der Waals surface area (Å²) in [7, 11) is 0. The molecule has 1 N–H and O–H groups in total. The van der Waals surface area contributed by atoms with Crippen LogP contribution in [0.25, 0.3) is 0 Å². The number of benzene rings is 1. The Morgan fingerprint density at radius 3 is 2.19 bits per heavy atom. The van der Waals surface area contributed by atoms with E-state index in [1.54, 1.807) is 13.8 Å². The molecule has 0 heterocycles. The second-order valence-corrected chi connectivity index (χ2v) is 4.95. The fraction of sp³-hybridized carbons (Fsp3) is 0.429. The lowest BCUT2D eigenvalue weighted by atomic mass is 9.95. The second-order valence-electron chi connectivity index (χ2n) is 4.10. The van der Waals surface area contributed by atoms with Crippen LogP contribution in [-0.2, 0) is 19.1 Å². The van der Waals surface area contributed by atoms with Crippen LogP contribution in [-0.4, -0.2) is 30.3 Å². The molecule has 0 amide bonds. The maximum atomic E-state index is 13.2. The predicted octanol–water partition coefficient (Wildman–Crippen LogP) is 2.36. The lowest BCUT2D eigenvalue weighted by molar-refractivity contribution is -0.167. The lowest BCUT2D eigenvalue weighted by Crippen LogP contribution is -2.33. The Labute approximate surface area is 130 Å². The van der Waals surface area contributed by atoms with Crippen molar-refractivity contribution in [1.29, 1.82) is 0 Å². The molecule has 0 spiro atoms. The van der Waals surface area contributed by atoms with Crippen LogP contribution in [0.1, 0.15) is 25.5 Å². The van der Waals surface area contributed by atoms with Gasteiger partial charge in [-0.25, -0.2) is 4.39 Å². The first kappa shape index (κ1) is 17.6. The Bertz CT molecular complexity index is 502. The average Bonchev–Trinajstić information content (AvgIpc) is 2.42. The third-order valence-corrected chi connectivity index (χ3v) is 3.29. The zero-order chi connectivity index (χ0) is 16.0. The highest BCUT2D eigenvalue weighted by Gasteiger charge is 2.37. The largest absolute Gasteiger partial charge is 0.465 e. The van der Waals surface area contributed by atoms with Crippen molar-refractivity contribution in [3.8, 4) is 0 Å². The Morgan fingerprint density at radius 1 is 1.24 bits per heavy atom. The number of carbonyl (C=O) groups is 2. The SMILES string of the molecule is CCOC(=O)C(C(=O)OCC)C(O)c1ccc(F)c(Br)c1. The first-order valence-electron chi connectivity index (χ1n) is 6.38. The fourth-order valence-electron chi connectivity index (χ4n) is 1.71. The summed E-state index contributed by atoms with van der Waals surface area (Å²) in [6.07, 6.45) is -1.49. The van der Waals surface area contributed by atoms with E-state index in [0.717, 1.165) is 6.07 Å². The highest BCUT2D eigenvalue weighted by atomic mass is 79.9. The molecule has 1 aromatic carbocycles. The van der Waals surface area contributed by atoms with Gasteiger partial charge in [-0.1, -0.05) is 6.07 Å². The molecule has 1 unspecified atom stereocenters. The number of aliphatic hydroxyl groups excluding tert-OH is 1. The number of carbonyl (C=O) groups excluding carboxylic acids is 2. The van der Waals surface area contributed by atoms with E-state index in [1.165, 1.54) is 12.1 Å². The van der Waals surface area contributed by atoms with Gasteiger partial charge in [0.1, 0.15) is 11.9 Å². The van der Waals surface area contributed by atoms with Gasteiger partial charge in [0.05, 0.1) is 17.7 Å². The maximum Gasteiger partial charge on any atom is 0.323 e. The van der Waals surface area contributed by atoms with E-state index in [-0.39, 0.29) is 23.2 Å². The summed E-state index contributed by atoms with van der Waals surface area (Å²) in [5, 5.41) is 10.2. The Morgan fingerprint density at radius 2 is 1.76 bits per heavy atom. The van der Waals surface area contributed by atoms with Crippen molar-refractivity contribution in [3.05, 3.63) is 34.1 Å². The Kier molecular flexibility index (Phi) is 6.77. The fourth-order valence-corrected chi connectivity index (χ4v) is 2.10. The van der Waals surface area contributed by atoms with Crippen molar-refractivity contribution in [2.24, 2.45) is 5.92 Å². The summed E-state index contributed by atoms with van der Waals surface area (Å²) in [4.78, 5) is 23.7. The van der Waals surface area contributed by atoms with Crippen LogP contribution in [0.5, 0.6) is 0 Å². The molecular weight excluding hydrogens is 347 g/mol. The molecule has 116 valence electrons. The van der Waals surface area contributed by atoms with Crippen LogP contribution in [0.2, 0.25) is 0 Å². The van der Waals surface area contributed by atoms with Crippen LogP contribution < -0.4 is 0 Å². The highest BCUT2D eigenvalue weighted by Crippen LogP contribution is 2.28. The van der Waals surface area contributed by atoms with Crippen molar-refractivity contribution in [2.45, 2.75) is 20.0 Å². The van der Waals surface area contributed by atoms with E-state index >= 15 is 0 Å². The summed E-state index contributed by atoms with van der Waals surface area (Å²) >= 11 is 2.98. The Balaban J connectivity index is 3.08. The minimum Gasteiger partial charge on any atom is -0.465 e. The van der Waals surface area contributed by atoms with E-state index in [4.69, 9.17) is 9.47 Å². The predicted molar refractivity (Wildman–Crippen MR) is 75.8 cm³/mol. The van der Waals surface area contributed by atoms with E-state index < -0.39 is 29.8 Å². The van der Waals surface area contributed by atoms with Gasteiger partial charge in [-0.05, 0) is 47.5 Å². The summed E-state index contributed by atoms with van der Waals surface area (Å²) in [6.45, 7) is 3.30. The zero-order valence-electron chi connectivity index (χ0n) is 11.6. The number of ether oxygens (including phenoxy) is 2. The molecule has 1 rings (SSSR count). The number of halogens is 2. The van der Waals surface area contributed by atoms with Gasteiger partial charge in [0.2, 0.25) is 0 Å². The molecule has 0 aliphatic rings. The lowest BCUT2D eigenvalue weighted by Gasteiger charge is -2.20. The van der Waals surface area contributed by atoms with E-state index in [1.807, 2.05) is 0 Å². The summed E-state index contributed by atoms with van der Waals surface area (Å²) in [5.41, 5.74) is 0.203. The Hall–Kier alpha value is -1.47. The van der Waals surface area contributed by atoms with Crippen LogP contribution >= 0.6 is 15.9 Å². The topological polar surface area (TPSA) is 72.8 Å². The number of rotatable bonds is 6. The molecule has 1 atom stereocenters. The minimum atomic E-state index is -1.51. The van der Waals surface area contributed by atoms with Gasteiger partial charge < -0.3 is 14.6 Å². The molecule has 0 aliphatic heterocycles. The molecule has 5 nitrogen and oxygen atoms in total. The molecule has 0 bridgehead atoms. The second kappa shape index (κ2) is 8.09. The summed E-state index contributed by atoms with van der Waals surface area (Å²) in [6, 6.07) is 3.71. The molecule has 7 heteroatoms. The molecule has 0 saturated heterocycles. The molecule has 0 radical (unpaired) electrons. The smallest absolute Gasteiger partial charge is 0.323 e. The monoisotopic (exact) mass is 362 g/mol. The van der Waals surface area contributed by atoms with Gasteiger partial charge >= 0.3 is 11.9 Å². The molecule has 0 aliphatic carbocycles. The molecular formula is C14H16BrFO5. The zero-order valence-corrected chi connectivity index (χ0v) is 13.2. The average molecular weight is 363 g/mol. The van der Waals surface area contributed by atoms with Crippen LogP contribution in [0.3, 0.4) is 0 Å². The van der Waals surface area contributed by atoms with Gasteiger partial charge in [-0.3, -0.25) is 9.59 Å². The van der Waals surface area contributed by atoms with Crippen LogP contribution in [0.4, 0.5) is 4.39 Å². The highest BCUT2D eigenvalue weighted by molar-refractivity contribution is 9.10. The number of hydrogen-bond donors (Lipinski definition) is 1. The van der Waals surface area contributed by atoms with Gasteiger partial charge in [0, 0.05) is 0 Å². The molecule has 0 fully saturated rings. The van der Waals surface area contributed by atoms with Gasteiger partial charge in [-0.2, -0.15) is 0 Å². The summed E-state index contributed by atoms with van der Waals surface area (Å²) < 4.78 is 22.9. The van der Waals surface area contributed by atoms with Crippen molar-refractivity contribution < 1.29 is 28.6 Å². The van der Waals surface area contributed by atoms with Gasteiger partial charge in [0.15, 0.2) is 5.92 Å². The maximum absolute atomic E-state index is 13.2. The van der Waals surface area contributed by atoms with E-state index in [0.29, 0.717) is 0 Å². The molecule has 1 aromatic rings. The van der Waals surface area contributed by atoms with Crippen LogP contribution in [0, 0.1) is 11.7 Å². The number of hydrogen-bond acceptors (Lipinski definition) is 5. The normalized spacial score (nSPS) is 12.1. The summed E-state index contributed by atoms with van der Waals surface area (Å²) in [5.74, 6) is -3.80. The number of aliphatic hydroxyl groups is 1. The quantitative estimate of drug-likeness (QED) is 0.621. The van der Waals surface area contributed by atoms with Crippen molar-refractivity contribution in [2.75, 3.05) is 13.2 Å². The van der Waals surface area contributed by atoms with Crippen LogP contribution in [0.15, 0.2) is 22.7 Å². The van der Waals surface area contributed by atoms with E-state index in [9.17, 15) is 19.1 Å². The van der Waals surface area contributed by atoms with Crippen molar-refractivity contribution in [3.63, 3.8) is 0 Å².